The van der Waals surface area contributed by atoms with Gasteiger partial charge in [-0.15, -0.1) is 0 Å². The molecular weight excluding hydrogens is 404 g/mol. The van der Waals surface area contributed by atoms with Crippen molar-refractivity contribution in [1.82, 2.24) is 4.90 Å². The number of nitrogens with zero attached hydrogens (tertiary/aromatic N) is 2. The number of benzene rings is 3. The van der Waals surface area contributed by atoms with Gasteiger partial charge in [0.25, 0.3) is 0 Å². The lowest BCUT2D eigenvalue weighted by atomic mass is 9.99. The molecule has 1 aliphatic heterocycles. The molecule has 0 saturated heterocycles. The van der Waals surface area contributed by atoms with Crippen LogP contribution in [-0.4, -0.2) is 35.6 Å². The van der Waals surface area contributed by atoms with Gasteiger partial charge in [-0.05, 0) is 23.3 Å². The maximum absolute atomic E-state index is 12.9. The molecular formula is C26H24N2O4. The van der Waals surface area contributed by atoms with Crippen LogP contribution in [0.2, 0.25) is 0 Å². The highest BCUT2D eigenvalue weighted by atomic mass is 16.5. The van der Waals surface area contributed by atoms with E-state index in [9.17, 15) is 14.7 Å². The van der Waals surface area contributed by atoms with Crippen molar-refractivity contribution in [3.63, 3.8) is 0 Å². The normalized spacial score (nSPS) is 16.7. The Labute approximate surface area is 187 Å². The van der Waals surface area contributed by atoms with E-state index in [1.54, 1.807) is 4.90 Å². The van der Waals surface area contributed by atoms with E-state index < -0.39 is 18.1 Å². The quantitative estimate of drug-likeness (QED) is 0.593. The molecule has 0 spiro atoms. The van der Waals surface area contributed by atoms with Crippen LogP contribution in [0.1, 0.15) is 17.3 Å². The molecule has 0 radical (unpaired) electrons. The molecule has 3 aromatic carbocycles. The second kappa shape index (κ2) is 9.49. The number of rotatable bonds is 6. The van der Waals surface area contributed by atoms with Gasteiger partial charge in [-0.3, -0.25) is 4.90 Å². The van der Waals surface area contributed by atoms with E-state index in [0.29, 0.717) is 12.2 Å². The van der Waals surface area contributed by atoms with Gasteiger partial charge in [0.2, 0.25) is 0 Å². The first-order valence-corrected chi connectivity index (χ1v) is 10.3. The lowest BCUT2D eigenvalue weighted by Crippen LogP contribution is -2.49. The van der Waals surface area contributed by atoms with Crippen molar-refractivity contribution in [3.8, 4) is 0 Å². The molecule has 0 saturated carbocycles. The van der Waals surface area contributed by atoms with E-state index in [-0.39, 0.29) is 17.8 Å². The van der Waals surface area contributed by atoms with Crippen LogP contribution in [0.25, 0.3) is 0 Å². The van der Waals surface area contributed by atoms with Gasteiger partial charge in [0.15, 0.2) is 0 Å². The fraction of sp³-hybridized carbons (Fsp3) is 0.154. The fourth-order valence-corrected chi connectivity index (χ4v) is 4.09. The number of para-hydroxylation sites is 1. The summed E-state index contributed by atoms with van der Waals surface area (Å²) in [4.78, 5) is 29.0. The van der Waals surface area contributed by atoms with Crippen molar-refractivity contribution in [2.75, 3.05) is 18.6 Å². The summed E-state index contributed by atoms with van der Waals surface area (Å²) < 4.78 is 5.04. The predicted molar refractivity (Wildman–Crippen MR) is 122 cm³/mol. The van der Waals surface area contributed by atoms with Gasteiger partial charge in [-0.1, -0.05) is 78.9 Å². The van der Waals surface area contributed by atoms with Crippen molar-refractivity contribution in [2.45, 2.75) is 12.7 Å². The fourth-order valence-electron chi connectivity index (χ4n) is 4.09. The molecule has 0 bridgehead atoms. The second-order valence-electron chi connectivity index (χ2n) is 7.50. The van der Waals surface area contributed by atoms with Gasteiger partial charge in [0.1, 0.15) is 11.9 Å². The Hall–Kier alpha value is -3.90. The van der Waals surface area contributed by atoms with E-state index in [0.717, 1.165) is 11.1 Å². The van der Waals surface area contributed by atoms with Crippen molar-refractivity contribution < 1.29 is 19.4 Å². The summed E-state index contributed by atoms with van der Waals surface area (Å²) in [6, 6.07) is 29.0. The third-order valence-corrected chi connectivity index (χ3v) is 5.48. The molecule has 3 aromatic rings. The third kappa shape index (κ3) is 4.26. The molecule has 32 heavy (non-hydrogen) atoms. The first-order chi connectivity index (χ1) is 15.6. The molecule has 0 aromatic heterocycles. The van der Waals surface area contributed by atoms with Crippen molar-refractivity contribution >= 4 is 17.6 Å². The highest BCUT2D eigenvalue weighted by Gasteiger charge is 2.41. The van der Waals surface area contributed by atoms with Crippen LogP contribution in [0.4, 0.5) is 5.69 Å². The topological polar surface area (TPSA) is 70.1 Å². The van der Waals surface area contributed by atoms with Crippen molar-refractivity contribution in [1.29, 1.82) is 0 Å². The van der Waals surface area contributed by atoms with Gasteiger partial charge in [0.05, 0.1) is 12.7 Å². The zero-order valence-electron chi connectivity index (χ0n) is 17.7. The van der Waals surface area contributed by atoms with Crippen molar-refractivity contribution in [3.05, 3.63) is 113 Å². The Morgan fingerprint density at radius 1 is 0.906 bits per heavy atom. The molecule has 1 atom stereocenters. The predicted octanol–water partition coefficient (Wildman–Crippen LogP) is 4.22. The minimum Gasteiger partial charge on any atom is -0.478 e. The Kier molecular flexibility index (Phi) is 6.33. The smallest absolute Gasteiger partial charge is 0.355 e. The largest absolute Gasteiger partial charge is 0.478 e. The summed E-state index contributed by atoms with van der Waals surface area (Å²) in [6.07, 6.45) is -0.406. The monoisotopic (exact) mass is 428 g/mol. The number of carbonyl (C=O) groups excluding carboxylic acids is 1. The van der Waals surface area contributed by atoms with E-state index in [1.165, 1.54) is 7.11 Å². The Morgan fingerprint density at radius 2 is 1.47 bits per heavy atom. The number of carboxylic acids is 1. The summed E-state index contributed by atoms with van der Waals surface area (Å²) in [5, 5.41) is 10.0. The zero-order chi connectivity index (χ0) is 22.5. The van der Waals surface area contributed by atoms with Gasteiger partial charge in [-0.2, -0.15) is 0 Å². The number of hydrogen-bond acceptors (Lipinski definition) is 5. The number of anilines is 1. The minimum absolute atomic E-state index is 0.00353. The molecule has 6 nitrogen and oxygen atoms in total. The molecule has 0 amide bonds. The maximum atomic E-state index is 12.9. The Bertz CT molecular complexity index is 1110. The van der Waals surface area contributed by atoms with Crippen LogP contribution in [-0.2, 0) is 20.9 Å². The second-order valence-corrected chi connectivity index (χ2v) is 7.50. The van der Waals surface area contributed by atoms with Gasteiger partial charge in [0, 0.05) is 18.8 Å². The highest BCUT2D eigenvalue weighted by molar-refractivity contribution is 6.03. The van der Waals surface area contributed by atoms with Gasteiger partial charge >= 0.3 is 11.9 Å². The number of carbonyl (C=O) groups is 2. The number of esters is 1. The summed E-state index contributed by atoms with van der Waals surface area (Å²) in [5.41, 5.74) is 2.75. The maximum Gasteiger partial charge on any atom is 0.355 e. The number of carboxylic acid groups (broad SMARTS) is 1. The van der Waals surface area contributed by atoms with E-state index >= 15 is 0 Å². The van der Waals surface area contributed by atoms with Crippen LogP contribution in [0, 0.1) is 0 Å². The average Bonchev–Trinajstić information content (AvgIpc) is 2.84. The zero-order valence-corrected chi connectivity index (χ0v) is 17.7. The minimum atomic E-state index is -1.14. The third-order valence-electron chi connectivity index (χ3n) is 5.48. The van der Waals surface area contributed by atoms with E-state index in [4.69, 9.17) is 4.74 Å². The molecule has 162 valence electrons. The molecule has 1 unspecified atom stereocenters. The lowest BCUT2D eigenvalue weighted by Gasteiger charge is -2.45. The molecule has 1 N–H and O–H groups in total. The van der Waals surface area contributed by atoms with Gasteiger partial charge < -0.3 is 14.7 Å². The highest BCUT2D eigenvalue weighted by Crippen LogP contribution is 2.40. The molecule has 0 aliphatic carbocycles. The van der Waals surface area contributed by atoms with Crippen LogP contribution in [0.15, 0.2) is 102 Å². The molecule has 6 heteroatoms. The first-order valence-electron chi connectivity index (χ1n) is 10.3. The van der Waals surface area contributed by atoms with E-state index in [2.05, 4.69) is 4.90 Å². The standard InChI is InChI=1S/C26H24N2O4/c1-32-26(31)23-22(25(29)30)18-27(17-19-11-5-2-6-12-19)24(20-13-7-3-8-14-20)28(23)21-15-9-4-10-16-21/h2-16,24H,17-18H2,1H3,(H,29,30). The Balaban J connectivity index is 1.94. The summed E-state index contributed by atoms with van der Waals surface area (Å²) in [5.74, 6) is -1.82. The number of aliphatic carboxylic acids is 1. The average molecular weight is 428 g/mol. The van der Waals surface area contributed by atoms with Crippen LogP contribution < -0.4 is 4.90 Å². The summed E-state index contributed by atoms with van der Waals surface area (Å²) in [7, 11) is 1.27. The number of hydrogen-bond donors (Lipinski definition) is 1. The number of methoxy groups -OCH3 is 1. The lowest BCUT2D eigenvalue weighted by molar-refractivity contribution is -0.139. The van der Waals surface area contributed by atoms with Crippen LogP contribution in [0.3, 0.4) is 0 Å². The molecule has 1 heterocycles. The SMILES string of the molecule is COC(=O)C1=C(C(=O)O)CN(Cc2ccccc2)C(c2ccccc2)N1c1ccccc1. The van der Waals surface area contributed by atoms with Crippen molar-refractivity contribution in [2.24, 2.45) is 0 Å². The first kappa shape index (κ1) is 21.3. The molecule has 4 rings (SSSR count). The Morgan fingerprint density at radius 3 is 2.03 bits per heavy atom. The van der Waals surface area contributed by atoms with Crippen LogP contribution >= 0.6 is 0 Å². The van der Waals surface area contributed by atoms with Crippen LogP contribution in [0.5, 0.6) is 0 Å². The number of ether oxygens (including phenoxy) is 1. The molecule has 0 fully saturated rings. The van der Waals surface area contributed by atoms with Gasteiger partial charge in [-0.25, -0.2) is 9.59 Å². The van der Waals surface area contributed by atoms with E-state index in [1.807, 2.05) is 91.0 Å². The summed E-state index contributed by atoms with van der Waals surface area (Å²) in [6.45, 7) is 0.604. The summed E-state index contributed by atoms with van der Waals surface area (Å²) >= 11 is 0. The molecule has 1 aliphatic rings.